The predicted octanol–water partition coefficient (Wildman–Crippen LogP) is -1.81. The molecule has 0 radical (unpaired) electrons. The van der Waals surface area contributed by atoms with Crippen molar-refractivity contribution in [2.45, 2.75) is 13.0 Å². The van der Waals surface area contributed by atoms with Gasteiger partial charge in [0.15, 0.2) is 0 Å². The highest BCUT2D eigenvalue weighted by Crippen LogP contribution is 2.02. The number of aliphatic hydroxyl groups excluding tert-OH is 1. The molecule has 1 saturated heterocycles. The van der Waals surface area contributed by atoms with Gasteiger partial charge >= 0.3 is 5.97 Å². The fraction of sp³-hybridized carbons (Fsp3) is 0.818. The zero-order chi connectivity index (χ0) is 13.5. The second kappa shape index (κ2) is 7.30. The Morgan fingerprint density at radius 1 is 1.22 bits per heavy atom. The van der Waals surface area contributed by atoms with E-state index in [1.807, 2.05) is 4.90 Å². The van der Waals surface area contributed by atoms with E-state index < -0.39 is 12.0 Å². The maximum Gasteiger partial charge on any atom is 0.327 e. The summed E-state index contributed by atoms with van der Waals surface area (Å²) in [6.07, 6.45) is 0. The highest BCUT2D eigenvalue weighted by molar-refractivity contribution is 5.82. The zero-order valence-corrected chi connectivity index (χ0v) is 10.6. The number of aliphatic carboxylic acids is 1. The Morgan fingerprint density at radius 3 is 2.22 bits per heavy atom. The summed E-state index contributed by atoms with van der Waals surface area (Å²) in [5.41, 5.74) is 0. The van der Waals surface area contributed by atoms with Crippen LogP contribution in [0.3, 0.4) is 0 Å². The number of carbonyl (C=O) groups excluding carboxylic acids is 1. The number of carboxylic acids is 1. The van der Waals surface area contributed by atoms with E-state index in [0.717, 1.165) is 26.2 Å². The van der Waals surface area contributed by atoms with E-state index in [2.05, 4.69) is 10.2 Å². The van der Waals surface area contributed by atoms with E-state index in [1.54, 1.807) is 0 Å². The van der Waals surface area contributed by atoms with E-state index >= 15 is 0 Å². The van der Waals surface area contributed by atoms with Crippen molar-refractivity contribution in [1.29, 1.82) is 0 Å². The minimum atomic E-state index is -1.01. The van der Waals surface area contributed by atoms with Gasteiger partial charge in [0.05, 0.1) is 6.61 Å². The van der Waals surface area contributed by atoms with Crippen molar-refractivity contribution < 1.29 is 19.8 Å². The van der Waals surface area contributed by atoms with Crippen molar-refractivity contribution in [2.24, 2.45) is 0 Å². The first-order chi connectivity index (χ1) is 8.52. The maximum absolute atomic E-state index is 11.0. The smallest absolute Gasteiger partial charge is 0.327 e. The van der Waals surface area contributed by atoms with Crippen LogP contribution in [0.15, 0.2) is 0 Å². The fourth-order valence-electron chi connectivity index (χ4n) is 2.03. The van der Waals surface area contributed by atoms with Crippen LogP contribution >= 0.6 is 0 Å². The van der Waals surface area contributed by atoms with Gasteiger partial charge in [-0.25, -0.2) is 4.79 Å². The molecule has 18 heavy (non-hydrogen) atoms. The summed E-state index contributed by atoms with van der Waals surface area (Å²) in [4.78, 5) is 26.0. The number of hydrogen-bond acceptors (Lipinski definition) is 5. The van der Waals surface area contributed by atoms with Crippen molar-refractivity contribution in [3.05, 3.63) is 0 Å². The quantitative estimate of drug-likeness (QED) is 0.520. The summed E-state index contributed by atoms with van der Waals surface area (Å²) >= 11 is 0. The number of piperazine rings is 1. The molecule has 7 nitrogen and oxygen atoms in total. The Balaban J connectivity index is 2.37. The van der Waals surface area contributed by atoms with E-state index in [-0.39, 0.29) is 12.5 Å². The molecule has 0 aromatic rings. The van der Waals surface area contributed by atoms with Gasteiger partial charge in [0.2, 0.25) is 5.91 Å². The van der Waals surface area contributed by atoms with Gasteiger partial charge in [0.1, 0.15) is 6.04 Å². The van der Waals surface area contributed by atoms with Gasteiger partial charge in [0.25, 0.3) is 0 Å². The second-order valence-electron chi connectivity index (χ2n) is 4.46. The first-order valence-electron chi connectivity index (χ1n) is 6.08. The van der Waals surface area contributed by atoms with E-state index in [0.29, 0.717) is 13.1 Å². The summed E-state index contributed by atoms with van der Waals surface area (Å²) in [6.45, 7) is 5.56. The SMILES string of the molecule is CC(=O)NC(CN1CCN(CCO)CC1)C(=O)O. The Morgan fingerprint density at radius 2 is 1.78 bits per heavy atom. The highest BCUT2D eigenvalue weighted by atomic mass is 16.4. The number of aliphatic hydroxyl groups is 1. The number of carboxylic acid groups (broad SMARTS) is 1. The van der Waals surface area contributed by atoms with Crippen molar-refractivity contribution in [3.63, 3.8) is 0 Å². The number of nitrogens with one attached hydrogen (secondary N) is 1. The van der Waals surface area contributed by atoms with Gasteiger partial charge in [-0.2, -0.15) is 0 Å². The molecule has 1 heterocycles. The lowest BCUT2D eigenvalue weighted by Gasteiger charge is -2.35. The van der Waals surface area contributed by atoms with Crippen molar-refractivity contribution in [2.75, 3.05) is 45.9 Å². The van der Waals surface area contributed by atoms with Gasteiger partial charge in [0, 0.05) is 46.2 Å². The molecule has 0 saturated carbocycles. The van der Waals surface area contributed by atoms with Gasteiger partial charge in [-0.15, -0.1) is 0 Å². The minimum absolute atomic E-state index is 0.143. The highest BCUT2D eigenvalue weighted by Gasteiger charge is 2.24. The van der Waals surface area contributed by atoms with E-state index in [9.17, 15) is 9.59 Å². The van der Waals surface area contributed by atoms with Crippen LogP contribution in [-0.2, 0) is 9.59 Å². The molecule has 0 bridgehead atoms. The lowest BCUT2D eigenvalue weighted by molar-refractivity contribution is -0.142. The number of carbonyl (C=O) groups is 2. The van der Waals surface area contributed by atoms with Crippen LogP contribution in [0.2, 0.25) is 0 Å². The average molecular weight is 259 g/mol. The Hall–Kier alpha value is -1.18. The number of nitrogens with zero attached hydrogens (tertiary/aromatic N) is 2. The Bertz CT molecular complexity index is 290. The number of rotatable bonds is 6. The normalized spacial score (nSPS) is 19.4. The first kappa shape index (κ1) is 14.9. The molecule has 1 aliphatic rings. The molecule has 1 rings (SSSR count). The van der Waals surface area contributed by atoms with Crippen LogP contribution in [0.4, 0.5) is 0 Å². The van der Waals surface area contributed by atoms with Crippen LogP contribution < -0.4 is 5.32 Å². The average Bonchev–Trinajstić information content (AvgIpc) is 2.30. The number of amides is 1. The molecule has 1 atom stereocenters. The molecule has 104 valence electrons. The lowest BCUT2D eigenvalue weighted by atomic mass is 10.2. The minimum Gasteiger partial charge on any atom is -0.480 e. The lowest BCUT2D eigenvalue weighted by Crippen LogP contribution is -2.53. The third-order valence-corrected chi connectivity index (χ3v) is 3.00. The third kappa shape index (κ3) is 4.99. The van der Waals surface area contributed by atoms with Crippen LogP contribution in [0.1, 0.15) is 6.92 Å². The molecule has 3 N–H and O–H groups in total. The Labute approximate surface area is 106 Å². The van der Waals surface area contributed by atoms with E-state index in [1.165, 1.54) is 6.92 Å². The monoisotopic (exact) mass is 259 g/mol. The van der Waals surface area contributed by atoms with Crippen LogP contribution in [0.5, 0.6) is 0 Å². The van der Waals surface area contributed by atoms with Crippen molar-refractivity contribution in [3.8, 4) is 0 Å². The Kier molecular flexibility index (Phi) is 6.03. The van der Waals surface area contributed by atoms with Crippen LogP contribution in [-0.4, -0.2) is 83.8 Å². The summed E-state index contributed by atoms with van der Waals surface area (Å²) < 4.78 is 0. The summed E-state index contributed by atoms with van der Waals surface area (Å²) in [6, 6.07) is -0.855. The van der Waals surface area contributed by atoms with Crippen LogP contribution in [0, 0.1) is 0 Å². The summed E-state index contributed by atoms with van der Waals surface area (Å²) in [5, 5.41) is 20.3. The van der Waals surface area contributed by atoms with E-state index in [4.69, 9.17) is 10.2 Å². The maximum atomic E-state index is 11.0. The first-order valence-corrected chi connectivity index (χ1v) is 6.08. The molecule has 1 aliphatic heterocycles. The topological polar surface area (TPSA) is 93.1 Å². The zero-order valence-electron chi connectivity index (χ0n) is 10.6. The molecule has 7 heteroatoms. The van der Waals surface area contributed by atoms with Crippen LogP contribution in [0.25, 0.3) is 0 Å². The van der Waals surface area contributed by atoms with Gasteiger partial charge in [-0.05, 0) is 0 Å². The molecule has 0 aromatic heterocycles. The molecule has 1 unspecified atom stereocenters. The summed E-state index contributed by atoms with van der Waals surface area (Å²) in [7, 11) is 0. The number of hydrogen-bond donors (Lipinski definition) is 3. The molecular formula is C11H21N3O4. The molecule has 1 fully saturated rings. The van der Waals surface area contributed by atoms with Gasteiger partial charge < -0.3 is 15.5 Å². The van der Waals surface area contributed by atoms with Gasteiger partial charge in [-0.3, -0.25) is 14.6 Å². The third-order valence-electron chi connectivity index (χ3n) is 3.00. The standard InChI is InChI=1S/C11H21N3O4/c1-9(16)12-10(11(17)18)8-14-4-2-13(3-5-14)6-7-15/h10,15H,2-8H2,1H3,(H,12,16)(H,17,18). The molecular weight excluding hydrogens is 238 g/mol. The van der Waals surface area contributed by atoms with Gasteiger partial charge in [-0.1, -0.05) is 0 Å². The molecule has 1 amide bonds. The molecule has 0 aromatic carbocycles. The number of β-amino-alcohol motifs (C(OH)–C–C–N with tert-alkyl or cyclic N) is 1. The van der Waals surface area contributed by atoms with Crippen molar-refractivity contribution in [1.82, 2.24) is 15.1 Å². The van der Waals surface area contributed by atoms with Crippen molar-refractivity contribution >= 4 is 11.9 Å². The molecule has 0 spiro atoms. The largest absolute Gasteiger partial charge is 0.480 e. The summed E-state index contributed by atoms with van der Waals surface area (Å²) in [5.74, 6) is -1.34. The molecule has 0 aliphatic carbocycles. The predicted molar refractivity (Wildman–Crippen MR) is 65.2 cm³/mol. The fourth-order valence-corrected chi connectivity index (χ4v) is 2.03. The second-order valence-corrected chi connectivity index (χ2v) is 4.46.